The van der Waals surface area contributed by atoms with Crippen molar-refractivity contribution in [2.45, 2.75) is 26.0 Å². The zero-order valence-corrected chi connectivity index (χ0v) is 24.9. The van der Waals surface area contributed by atoms with Gasteiger partial charge in [0.25, 0.3) is 5.91 Å². The van der Waals surface area contributed by atoms with Crippen LogP contribution in [0.5, 0.6) is 5.75 Å². The minimum atomic E-state index is -0.980. The van der Waals surface area contributed by atoms with Gasteiger partial charge in [0.15, 0.2) is 6.04 Å². The average molecular weight is 651 g/mol. The van der Waals surface area contributed by atoms with Crippen molar-refractivity contribution in [2.24, 2.45) is 0 Å². The molecule has 5 nitrogen and oxygen atoms in total. The number of ether oxygens (including phenoxy) is 2. The van der Waals surface area contributed by atoms with Gasteiger partial charge >= 0.3 is 5.97 Å². The molecule has 3 aromatic rings. The highest BCUT2D eigenvalue weighted by Crippen LogP contribution is 2.40. The Morgan fingerprint density at radius 1 is 1.13 bits per heavy atom. The summed E-state index contributed by atoms with van der Waals surface area (Å²) in [6.45, 7) is 2.37. The van der Waals surface area contributed by atoms with Crippen LogP contribution in [0.1, 0.15) is 36.1 Å². The molecule has 38 heavy (non-hydrogen) atoms. The van der Waals surface area contributed by atoms with Crippen LogP contribution in [-0.2, 0) is 20.9 Å². The number of carbonyl (C=O) groups excluding carboxylic acids is 2. The first-order valence-electron chi connectivity index (χ1n) is 11.6. The smallest absolute Gasteiger partial charge is 0.333 e. The van der Waals surface area contributed by atoms with Gasteiger partial charge in [-0.05, 0) is 48.4 Å². The summed E-state index contributed by atoms with van der Waals surface area (Å²) in [6, 6.07) is 18.7. The fraction of sp³-hybridized carbons (Fsp3) is 0.179. The van der Waals surface area contributed by atoms with E-state index in [4.69, 9.17) is 44.9 Å². The predicted octanol–water partition coefficient (Wildman–Crippen LogP) is 8.23. The van der Waals surface area contributed by atoms with Crippen molar-refractivity contribution in [3.05, 3.63) is 103 Å². The SMILES string of the molecule is CCCOC(=O)C(c1ccccc1)N1C(=O)/C(=C\c2cc(Br)ccc2OCc2ccc(Cl)cc2Cl)SC1=S. The van der Waals surface area contributed by atoms with Crippen LogP contribution in [-0.4, -0.2) is 27.7 Å². The monoisotopic (exact) mass is 649 g/mol. The number of thioether (sulfide) groups is 1. The highest BCUT2D eigenvalue weighted by molar-refractivity contribution is 9.10. The summed E-state index contributed by atoms with van der Waals surface area (Å²) in [4.78, 5) is 28.4. The molecule has 0 N–H and O–H groups in total. The van der Waals surface area contributed by atoms with Crippen LogP contribution in [0.25, 0.3) is 6.08 Å². The van der Waals surface area contributed by atoms with E-state index in [1.54, 1.807) is 54.6 Å². The van der Waals surface area contributed by atoms with Gasteiger partial charge in [-0.25, -0.2) is 4.79 Å². The summed E-state index contributed by atoms with van der Waals surface area (Å²) in [5, 5.41) is 1.04. The number of rotatable bonds is 9. The van der Waals surface area contributed by atoms with E-state index in [1.165, 1.54) is 4.90 Å². The third-order valence-corrected chi connectivity index (χ3v) is 7.94. The summed E-state index contributed by atoms with van der Waals surface area (Å²) in [5.74, 6) is -0.359. The van der Waals surface area contributed by atoms with Gasteiger partial charge in [0.05, 0.1) is 11.5 Å². The Hall–Kier alpha value is -2.36. The second kappa shape index (κ2) is 13.1. The molecule has 1 unspecified atom stereocenters. The van der Waals surface area contributed by atoms with Gasteiger partial charge in [0.1, 0.15) is 16.7 Å². The van der Waals surface area contributed by atoms with Crippen LogP contribution in [0.2, 0.25) is 10.0 Å². The molecule has 0 aliphatic carbocycles. The maximum atomic E-state index is 13.6. The molecular weight excluding hydrogens is 629 g/mol. The zero-order chi connectivity index (χ0) is 27.2. The standard InChI is InChI=1S/C28H22BrCl2NO4S2/c1-2-12-35-27(34)25(17-6-4-3-5-7-17)32-26(33)24(38-28(32)37)14-19-13-20(29)9-11-23(19)36-16-18-8-10-21(30)15-22(18)31/h3-11,13-15,25H,2,12,16H2,1H3/b24-14+. The Labute approximate surface area is 249 Å². The predicted molar refractivity (Wildman–Crippen MR) is 160 cm³/mol. The third-order valence-electron chi connectivity index (χ3n) is 5.53. The van der Waals surface area contributed by atoms with Gasteiger partial charge in [-0.3, -0.25) is 9.69 Å². The van der Waals surface area contributed by atoms with Gasteiger partial charge in [0.2, 0.25) is 0 Å². The minimum absolute atomic E-state index is 0.207. The number of benzene rings is 3. The van der Waals surface area contributed by atoms with Crippen LogP contribution >= 0.6 is 63.1 Å². The fourth-order valence-corrected chi connectivity index (χ4v) is 5.85. The lowest BCUT2D eigenvalue weighted by Crippen LogP contribution is -2.38. The van der Waals surface area contributed by atoms with Gasteiger partial charge in [0, 0.05) is 25.6 Å². The topological polar surface area (TPSA) is 55.8 Å². The number of halogens is 3. The maximum Gasteiger partial charge on any atom is 0.333 e. The van der Waals surface area contributed by atoms with Crippen molar-refractivity contribution >= 4 is 85.4 Å². The van der Waals surface area contributed by atoms with Gasteiger partial charge < -0.3 is 9.47 Å². The second-order valence-corrected chi connectivity index (χ2v) is 11.7. The molecule has 1 heterocycles. The molecule has 1 amide bonds. The quantitative estimate of drug-likeness (QED) is 0.132. The number of carbonyl (C=O) groups is 2. The van der Waals surface area contributed by atoms with E-state index in [-0.39, 0.29) is 23.4 Å². The number of nitrogens with zero attached hydrogens (tertiary/aromatic N) is 1. The summed E-state index contributed by atoms with van der Waals surface area (Å²) < 4.78 is 12.6. The number of hydrogen-bond donors (Lipinski definition) is 0. The Morgan fingerprint density at radius 3 is 2.61 bits per heavy atom. The summed E-state index contributed by atoms with van der Waals surface area (Å²) >= 11 is 22.5. The van der Waals surface area contributed by atoms with E-state index < -0.39 is 12.0 Å². The lowest BCUT2D eigenvalue weighted by molar-refractivity contribution is -0.151. The maximum absolute atomic E-state index is 13.6. The van der Waals surface area contributed by atoms with Gasteiger partial charge in [-0.15, -0.1) is 0 Å². The molecule has 0 bridgehead atoms. The lowest BCUT2D eigenvalue weighted by atomic mass is 10.1. The first-order valence-corrected chi connectivity index (χ1v) is 14.4. The average Bonchev–Trinajstić information content (AvgIpc) is 3.16. The van der Waals surface area contributed by atoms with Crippen LogP contribution in [0, 0.1) is 0 Å². The molecule has 1 atom stereocenters. The van der Waals surface area contributed by atoms with E-state index in [2.05, 4.69) is 15.9 Å². The summed E-state index contributed by atoms with van der Waals surface area (Å²) in [5.41, 5.74) is 2.06. The molecule has 3 aromatic carbocycles. The number of amides is 1. The fourth-order valence-electron chi connectivity index (χ4n) is 3.71. The Kier molecular flexibility index (Phi) is 9.90. The minimum Gasteiger partial charge on any atom is -0.488 e. The van der Waals surface area contributed by atoms with Crippen molar-refractivity contribution in [3.63, 3.8) is 0 Å². The van der Waals surface area contributed by atoms with E-state index in [9.17, 15) is 9.59 Å². The molecule has 1 aliphatic rings. The molecule has 196 valence electrons. The van der Waals surface area contributed by atoms with Crippen LogP contribution in [0.15, 0.2) is 76.1 Å². The van der Waals surface area contributed by atoms with Crippen molar-refractivity contribution in [1.82, 2.24) is 4.90 Å². The molecular formula is C28H22BrCl2NO4S2. The third kappa shape index (κ3) is 6.79. The normalized spacial score (nSPS) is 15.2. The number of thiocarbonyl (C=S) groups is 1. The molecule has 0 spiro atoms. The largest absolute Gasteiger partial charge is 0.488 e. The molecule has 1 aliphatic heterocycles. The van der Waals surface area contributed by atoms with Gasteiger partial charge in [-0.1, -0.05) is 106 Å². The molecule has 4 rings (SSSR count). The van der Waals surface area contributed by atoms with E-state index in [0.29, 0.717) is 38.2 Å². The number of esters is 1. The number of hydrogen-bond acceptors (Lipinski definition) is 6. The van der Waals surface area contributed by atoms with Crippen molar-refractivity contribution in [1.29, 1.82) is 0 Å². The van der Waals surface area contributed by atoms with Gasteiger partial charge in [-0.2, -0.15) is 0 Å². The Morgan fingerprint density at radius 2 is 1.89 bits per heavy atom. The molecule has 10 heteroatoms. The summed E-state index contributed by atoms with van der Waals surface area (Å²) in [7, 11) is 0. The van der Waals surface area contributed by atoms with Crippen LogP contribution < -0.4 is 4.74 Å². The van der Waals surface area contributed by atoms with E-state index >= 15 is 0 Å². The summed E-state index contributed by atoms with van der Waals surface area (Å²) in [6.07, 6.45) is 2.38. The highest BCUT2D eigenvalue weighted by atomic mass is 79.9. The lowest BCUT2D eigenvalue weighted by Gasteiger charge is -2.25. The van der Waals surface area contributed by atoms with Crippen molar-refractivity contribution in [2.75, 3.05) is 6.61 Å². The highest BCUT2D eigenvalue weighted by Gasteiger charge is 2.42. The first kappa shape index (κ1) is 28.6. The molecule has 0 radical (unpaired) electrons. The Balaban J connectivity index is 1.63. The van der Waals surface area contributed by atoms with E-state index in [0.717, 1.165) is 21.8 Å². The molecule has 0 aromatic heterocycles. The van der Waals surface area contributed by atoms with Crippen molar-refractivity contribution < 1.29 is 19.1 Å². The van der Waals surface area contributed by atoms with Crippen LogP contribution in [0.3, 0.4) is 0 Å². The Bertz CT molecular complexity index is 1400. The second-order valence-electron chi connectivity index (χ2n) is 8.24. The van der Waals surface area contributed by atoms with E-state index in [1.807, 2.05) is 25.1 Å². The molecule has 1 fully saturated rings. The van der Waals surface area contributed by atoms with Crippen molar-refractivity contribution in [3.8, 4) is 5.75 Å². The first-order chi connectivity index (χ1) is 18.3. The molecule has 1 saturated heterocycles. The van der Waals surface area contributed by atoms with Crippen LogP contribution in [0.4, 0.5) is 0 Å². The zero-order valence-electron chi connectivity index (χ0n) is 20.2. The molecule has 0 saturated carbocycles.